The maximum Gasteiger partial charge on any atom is 0.233 e. The third-order valence-electron chi connectivity index (χ3n) is 2.93. The van der Waals surface area contributed by atoms with E-state index < -0.39 is 0 Å². The van der Waals surface area contributed by atoms with E-state index in [1.54, 1.807) is 0 Å². The van der Waals surface area contributed by atoms with E-state index in [1.165, 1.54) is 5.56 Å². The molecule has 0 saturated carbocycles. The van der Waals surface area contributed by atoms with Gasteiger partial charge in [0.25, 0.3) is 0 Å². The van der Waals surface area contributed by atoms with E-state index in [4.69, 9.17) is 0 Å². The zero-order chi connectivity index (χ0) is 15.2. The molecule has 0 aliphatic carbocycles. The van der Waals surface area contributed by atoms with Gasteiger partial charge in [-0.25, -0.2) is 0 Å². The molecule has 3 N–H and O–H groups in total. The average Bonchev–Trinajstić information content (AvgIpc) is 2.42. The van der Waals surface area contributed by atoms with Gasteiger partial charge in [0.1, 0.15) is 0 Å². The Morgan fingerprint density at radius 2 is 1.43 bits per heavy atom. The highest BCUT2D eigenvalue weighted by atomic mass is 15.3. The van der Waals surface area contributed by atoms with Crippen molar-refractivity contribution in [1.82, 2.24) is 15.0 Å². The summed E-state index contributed by atoms with van der Waals surface area (Å²) in [4.78, 5) is 13.1. The van der Waals surface area contributed by atoms with Crippen molar-refractivity contribution < 1.29 is 0 Å². The highest BCUT2D eigenvalue weighted by molar-refractivity contribution is 5.60. The molecule has 0 aliphatic rings. The molecular formula is C15H22N6. The Morgan fingerprint density at radius 3 is 1.95 bits per heavy atom. The number of hydrogen-bond donors (Lipinski definition) is 3. The highest BCUT2D eigenvalue weighted by Crippen LogP contribution is 2.20. The van der Waals surface area contributed by atoms with Crippen LogP contribution in [0, 0.1) is 13.8 Å². The van der Waals surface area contributed by atoms with Crippen molar-refractivity contribution in [2.75, 3.05) is 29.0 Å². The molecule has 2 rings (SSSR count). The van der Waals surface area contributed by atoms with Crippen molar-refractivity contribution in [2.24, 2.45) is 0 Å². The first-order valence-electron chi connectivity index (χ1n) is 7.20. The van der Waals surface area contributed by atoms with Gasteiger partial charge in [-0.1, -0.05) is 17.7 Å². The van der Waals surface area contributed by atoms with Gasteiger partial charge in [0.15, 0.2) is 0 Å². The molecule has 6 heteroatoms. The molecule has 112 valence electrons. The van der Waals surface area contributed by atoms with Crippen molar-refractivity contribution in [3.8, 4) is 0 Å². The molecule has 21 heavy (non-hydrogen) atoms. The lowest BCUT2D eigenvalue weighted by Crippen LogP contribution is -2.11. The molecule has 1 aromatic carbocycles. The molecule has 0 aliphatic heterocycles. The van der Waals surface area contributed by atoms with Crippen LogP contribution >= 0.6 is 0 Å². The van der Waals surface area contributed by atoms with Crippen LogP contribution in [-0.4, -0.2) is 28.0 Å². The van der Waals surface area contributed by atoms with Crippen LogP contribution in [0.3, 0.4) is 0 Å². The van der Waals surface area contributed by atoms with E-state index in [0.717, 1.165) is 24.3 Å². The first kappa shape index (κ1) is 15.0. The third-order valence-corrected chi connectivity index (χ3v) is 2.93. The molecule has 6 nitrogen and oxygen atoms in total. The van der Waals surface area contributed by atoms with Gasteiger partial charge in [0.05, 0.1) is 0 Å². The second-order valence-electron chi connectivity index (χ2n) is 4.81. The summed E-state index contributed by atoms with van der Waals surface area (Å²) in [6.07, 6.45) is 0. The van der Waals surface area contributed by atoms with Crippen LogP contribution in [0.2, 0.25) is 0 Å². The minimum atomic E-state index is 0.531. The summed E-state index contributed by atoms with van der Waals surface area (Å²) >= 11 is 0. The number of benzene rings is 1. The number of nitrogens with zero attached hydrogens (tertiary/aromatic N) is 3. The van der Waals surface area contributed by atoms with Gasteiger partial charge in [-0.15, -0.1) is 0 Å². The molecule has 2 aromatic rings. The van der Waals surface area contributed by atoms with Crippen LogP contribution in [0.5, 0.6) is 0 Å². The van der Waals surface area contributed by atoms with Crippen molar-refractivity contribution >= 4 is 23.5 Å². The molecular weight excluding hydrogens is 264 g/mol. The largest absolute Gasteiger partial charge is 0.354 e. The first-order valence-corrected chi connectivity index (χ1v) is 7.20. The van der Waals surface area contributed by atoms with Crippen molar-refractivity contribution in [2.45, 2.75) is 27.7 Å². The number of anilines is 4. The zero-order valence-electron chi connectivity index (χ0n) is 13.0. The normalized spacial score (nSPS) is 10.3. The van der Waals surface area contributed by atoms with Crippen LogP contribution in [-0.2, 0) is 0 Å². The Hall–Kier alpha value is -2.37. The van der Waals surface area contributed by atoms with Gasteiger partial charge in [0.2, 0.25) is 17.8 Å². The van der Waals surface area contributed by atoms with E-state index in [0.29, 0.717) is 17.8 Å². The maximum atomic E-state index is 4.38. The van der Waals surface area contributed by atoms with Crippen LogP contribution in [0.1, 0.15) is 25.0 Å². The molecule has 0 atom stereocenters. The van der Waals surface area contributed by atoms with Gasteiger partial charge in [-0.05, 0) is 39.3 Å². The lowest BCUT2D eigenvalue weighted by atomic mass is 10.1. The van der Waals surface area contributed by atoms with E-state index in [1.807, 2.05) is 19.9 Å². The predicted molar refractivity (Wildman–Crippen MR) is 87.4 cm³/mol. The second-order valence-corrected chi connectivity index (χ2v) is 4.81. The van der Waals surface area contributed by atoms with E-state index >= 15 is 0 Å². The number of rotatable bonds is 6. The predicted octanol–water partition coefficient (Wildman–Crippen LogP) is 3.10. The number of nitrogens with one attached hydrogen (secondary N) is 3. The lowest BCUT2D eigenvalue weighted by molar-refractivity contribution is 1.00. The summed E-state index contributed by atoms with van der Waals surface area (Å²) in [5.41, 5.74) is 3.39. The number of aromatic nitrogens is 3. The Kier molecular flexibility index (Phi) is 4.92. The second kappa shape index (κ2) is 6.88. The summed E-state index contributed by atoms with van der Waals surface area (Å²) in [6.45, 7) is 9.68. The smallest absolute Gasteiger partial charge is 0.233 e. The molecule has 0 spiro atoms. The van der Waals surface area contributed by atoms with Crippen LogP contribution in [0.4, 0.5) is 23.5 Å². The van der Waals surface area contributed by atoms with E-state index in [2.05, 4.69) is 56.9 Å². The van der Waals surface area contributed by atoms with Gasteiger partial charge in [-0.2, -0.15) is 15.0 Å². The molecule has 0 amide bonds. The molecule has 0 fully saturated rings. The Morgan fingerprint density at radius 1 is 0.857 bits per heavy atom. The molecule has 0 radical (unpaired) electrons. The summed E-state index contributed by atoms with van der Waals surface area (Å²) in [5.74, 6) is 1.66. The van der Waals surface area contributed by atoms with Crippen LogP contribution < -0.4 is 16.0 Å². The fourth-order valence-electron chi connectivity index (χ4n) is 1.98. The maximum absolute atomic E-state index is 4.38. The van der Waals surface area contributed by atoms with Gasteiger partial charge < -0.3 is 16.0 Å². The molecule has 0 unspecified atom stereocenters. The summed E-state index contributed by atoms with van der Waals surface area (Å²) < 4.78 is 0. The van der Waals surface area contributed by atoms with E-state index in [-0.39, 0.29) is 0 Å². The first-order chi connectivity index (χ1) is 10.1. The quantitative estimate of drug-likeness (QED) is 0.757. The summed E-state index contributed by atoms with van der Waals surface area (Å²) in [6, 6.07) is 6.22. The van der Waals surface area contributed by atoms with Crippen molar-refractivity contribution in [3.63, 3.8) is 0 Å². The van der Waals surface area contributed by atoms with Gasteiger partial charge in [0, 0.05) is 18.8 Å². The average molecular weight is 286 g/mol. The third kappa shape index (κ3) is 4.05. The standard InChI is InChI=1S/C15H22N6/c1-5-16-13-19-14(17-6-2)21-15(20-13)18-12-8-7-10(3)9-11(12)4/h7-9H,5-6H2,1-4H3,(H3,16,17,18,19,20,21). The molecule has 1 heterocycles. The van der Waals surface area contributed by atoms with Crippen LogP contribution in [0.25, 0.3) is 0 Å². The lowest BCUT2D eigenvalue weighted by Gasteiger charge is -2.11. The minimum Gasteiger partial charge on any atom is -0.354 e. The minimum absolute atomic E-state index is 0.531. The zero-order valence-corrected chi connectivity index (χ0v) is 13.0. The van der Waals surface area contributed by atoms with E-state index in [9.17, 15) is 0 Å². The highest BCUT2D eigenvalue weighted by Gasteiger charge is 2.07. The molecule has 0 saturated heterocycles. The topological polar surface area (TPSA) is 74.8 Å². The Bertz CT molecular complexity index is 587. The monoisotopic (exact) mass is 286 g/mol. The molecule has 0 bridgehead atoms. The van der Waals surface area contributed by atoms with Gasteiger partial charge >= 0.3 is 0 Å². The van der Waals surface area contributed by atoms with Crippen LogP contribution in [0.15, 0.2) is 18.2 Å². The summed E-state index contributed by atoms with van der Waals surface area (Å²) in [7, 11) is 0. The number of hydrogen-bond acceptors (Lipinski definition) is 6. The fourth-order valence-corrected chi connectivity index (χ4v) is 1.98. The SMILES string of the molecule is CCNc1nc(NCC)nc(Nc2ccc(C)cc2C)n1. The Balaban J connectivity index is 2.29. The summed E-state index contributed by atoms with van der Waals surface area (Å²) in [5, 5.41) is 9.48. The van der Waals surface area contributed by atoms with Gasteiger partial charge in [-0.3, -0.25) is 0 Å². The van der Waals surface area contributed by atoms with Crippen molar-refractivity contribution in [3.05, 3.63) is 29.3 Å². The fraction of sp³-hybridized carbons (Fsp3) is 0.400. The Labute approximate surface area is 125 Å². The number of aryl methyl sites for hydroxylation is 2. The molecule has 1 aromatic heterocycles. The van der Waals surface area contributed by atoms with Crippen molar-refractivity contribution in [1.29, 1.82) is 0 Å².